The maximum atomic E-state index is 13.2. The van der Waals surface area contributed by atoms with E-state index in [0.717, 1.165) is 43.5 Å². The zero-order chi connectivity index (χ0) is 20.7. The second-order valence-corrected chi connectivity index (χ2v) is 8.52. The number of hydrogen-bond acceptors (Lipinski definition) is 3. The third-order valence-electron chi connectivity index (χ3n) is 6.29. The number of aryl methyl sites for hydroxylation is 2. The highest BCUT2D eigenvalue weighted by molar-refractivity contribution is 5.95. The lowest BCUT2D eigenvalue weighted by Crippen LogP contribution is -2.36. The second-order valence-electron chi connectivity index (χ2n) is 8.52. The normalized spacial score (nSPS) is 19.1. The molecule has 2 aromatic heterocycles. The van der Waals surface area contributed by atoms with Gasteiger partial charge in [0.25, 0.3) is 5.91 Å². The molecule has 2 aliphatic carbocycles. The summed E-state index contributed by atoms with van der Waals surface area (Å²) in [5.41, 5.74) is 5.82. The summed E-state index contributed by atoms with van der Waals surface area (Å²) < 4.78 is 13.2. The lowest BCUT2D eigenvalue weighted by molar-refractivity contribution is 0.0929. The van der Waals surface area contributed by atoms with Gasteiger partial charge in [-0.2, -0.15) is 0 Å². The Hall–Kier alpha value is -3.08. The van der Waals surface area contributed by atoms with E-state index in [-0.39, 0.29) is 11.7 Å². The molecule has 0 aliphatic heterocycles. The molecule has 1 fully saturated rings. The molecule has 4 nitrogen and oxygen atoms in total. The van der Waals surface area contributed by atoms with Gasteiger partial charge in [0, 0.05) is 29.6 Å². The van der Waals surface area contributed by atoms with E-state index in [4.69, 9.17) is 4.98 Å². The molecular formula is C25H24FN3O. The number of carbonyl (C=O) groups excluding carboxylic acids is 1. The number of rotatable bonds is 4. The Bertz CT molecular complexity index is 1110. The van der Waals surface area contributed by atoms with Crippen LogP contribution in [0.3, 0.4) is 0 Å². The van der Waals surface area contributed by atoms with Crippen LogP contribution < -0.4 is 5.32 Å². The molecular weight excluding hydrogens is 377 g/mol. The van der Waals surface area contributed by atoms with E-state index < -0.39 is 5.54 Å². The predicted octanol–water partition coefficient (Wildman–Crippen LogP) is 4.81. The molecule has 0 radical (unpaired) electrons. The third kappa shape index (κ3) is 3.49. The Labute approximate surface area is 175 Å². The number of nitrogens with one attached hydrogen (secondary N) is 1. The van der Waals surface area contributed by atoms with Gasteiger partial charge in [-0.05, 0) is 86.1 Å². The highest BCUT2D eigenvalue weighted by atomic mass is 19.1. The molecule has 5 heteroatoms. The van der Waals surface area contributed by atoms with Gasteiger partial charge in [-0.25, -0.2) is 4.39 Å². The summed E-state index contributed by atoms with van der Waals surface area (Å²) in [7, 11) is 0. The van der Waals surface area contributed by atoms with E-state index in [1.807, 2.05) is 12.4 Å². The fraction of sp³-hybridized carbons (Fsp3) is 0.320. The molecule has 2 heterocycles. The smallest absolute Gasteiger partial charge is 0.252 e. The topological polar surface area (TPSA) is 54.9 Å². The summed E-state index contributed by atoms with van der Waals surface area (Å²) in [5.74, 6) is -0.204. The summed E-state index contributed by atoms with van der Waals surface area (Å²) in [6.07, 6.45) is 8.75. The Morgan fingerprint density at radius 1 is 1.13 bits per heavy atom. The molecule has 0 unspecified atom stereocenters. The van der Waals surface area contributed by atoms with Crippen LogP contribution in [0.4, 0.5) is 4.39 Å². The lowest BCUT2D eigenvalue weighted by Gasteiger charge is -2.27. The Balaban J connectivity index is 1.41. The first-order valence-electron chi connectivity index (χ1n) is 10.5. The number of aromatic nitrogens is 2. The van der Waals surface area contributed by atoms with Crippen LogP contribution in [0.5, 0.6) is 0 Å². The average Bonchev–Trinajstić information content (AvgIpc) is 3.54. The SMILES string of the molecule is Cc1cncc([C@@H]2CCCc3nc(C4(NC(=O)c5ccc(F)cc5)CC4)ccc32)c1. The zero-order valence-electron chi connectivity index (χ0n) is 17.0. The number of hydrogen-bond donors (Lipinski definition) is 1. The van der Waals surface area contributed by atoms with E-state index in [1.54, 1.807) is 0 Å². The van der Waals surface area contributed by atoms with E-state index in [1.165, 1.54) is 41.0 Å². The van der Waals surface area contributed by atoms with Crippen molar-refractivity contribution in [1.82, 2.24) is 15.3 Å². The number of benzene rings is 1. The van der Waals surface area contributed by atoms with Crippen LogP contribution in [0.1, 0.15) is 70.0 Å². The maximum absolute atomic E-state index is 13.2. The Morgan fingerprint density at radius 2 is 1.93 bits per heavy atom. The first-order valence-corrected chi connectivity index (χ1v) is 10.5. The van der Waals surface area contributed by atoms with Crippen molar-refractivity contribution in [2.45, 2.75) is 50.5 Å². The van der Waals surface area contributed by atoms with E-state index in [2.05, 4.69) is 35.4 Å². The summed E-state index contributed by atoms with van der Waals surface area (Å²) >= 11 is 0. The van der Waals surface area contributed by atoms with Gasteiger partial charge in [0.1, 0.15) is 5.82 Å². The highest BCUT2D eigenvalue weighted by Gasteiger charge is 2.47. The van der Waals surface area contributed by atoms with Crippen LogP contribution in [-0.2, 0) is 12.0 Å². The van der Waals surface area contributed by atoms with Crippen LogP contribution >= 0.6 is 0 Å². The molecule has 1 aromatic carbocycles. The minimum Gasteiger partial charge on any atom is -0.341 e. The molecule has 1 N–H and O–H groups in total. The van der Waals surface area contributed by atoms with Gasteiger partial charge in [0.15, 0.2) is 0 Å². The van der Waals surface area contributed by atoms with E-state index in [9.17, 15) is 9.18 Å². The number of nitrogens with zero attached hydrogens (tertiary/aromatic N) is 2. The minimum absolute atomic E-state index is 0.185. The second kappa shape index (κ2) is 7.31. The molecule has 0 spiro atoms. The summed E-state index contributed by atoms with van der Waals surface area (Å²) in [6.45, 7) is 2.07. The number of fused-ring (bicyclic) bond motifs is 1. The van der Waals surface area contributed by atoms with Crippen molar-refractivity contribution in [3.8, 4) is 0 Å². The fourth-order valence-electron chi connectivity index (χ4n) is 4.50. The molecule has 1 amide bonds. The van der Waals surface area contributed by atoms with Gasteiger partial charge in [-0.3, -0.25) is 14.8 Å². The van der Waals surface area contributed by atoms with Crippen molar-refractivity contribution in [3.63, 3.8) is 0 Å². The van der Waals surface area contributed by atoms with Crippen LogP contribution in [0.15, 0.2) is 54.9 Å². The average molecular weight is 401 g/mol. The van der Waals surface area contributed by atoms with Gasteiger partial charge in [-0.1, -0.05) is 12.1 Å². The van der Waals surface area contributed by atoms with E-state index >= 15 is 0 Å². The summed E-state index contributed by atoms with van der Waals surface area (Å²) in [5, 5.41) is 3.14. The molecule has 0 bridgehead atoms. The minimum atomic E-state index is -0.404. The van der Waals surface area contributed by atoms with Gasteiger partial charge in [0.05, 0.1) is 11.2 Å². The number of amides is 1. The molecule has 2 aliphatic rings. The van der Waals surface area contributed by atoms with Gasteiger partial charge >= 0.3 is 0 Å². The number of halogens is 1. The van der Waals surface area contributed by atoms with Crippen molar-refractivity contribution in [2.75, 3.05) is 0 Å². The third-order valence-corrected chi connectivity index (χ3v) is 6.29. The Morgan fingerprint density at radius 3 is 2.67 bits per heavy atom. The molecule has 5 rings (SSSR count). The molecule has 1 atom stereocenters. The van der Waals surface area contributed by atoms with Gasteiger partial charge in [-0.15, -0.1) is 0 Å². The van der Waals surface area contributed by atoms with Crippen molar-refractivity contribution >= 4 is 5.91 Å². The predicted molar refractivity (Wildman–Crippen MR) is 113 cm³/mol. The van der Waals surface area contributed by atoms with Crippen molar-refractivity contribution < 1.29 is 9.18 Å². The van der Waals surface area contributed by atoms with Gasteiger partial charge in [0.2, 0.25) is 0 Å². The number of pyridine rings is 2. The van der Waals surface area contributed by atoms with Crippen LogP contribution in [0.25, 0.3) is 0 Å². The first-order chi connectivity index (χ1) is 14.5. The zero-order valence-corrected chi connectivity index (χ0v) is 17.0. The highest BCUT2D eigenvalue weighted by Crippen LogP contribution is 2.46. The van der Waals surface area contributed by atoms with Crippen molar-refractivity contribution in [3.05, 3.63) is 94.3 Å². The first kappa shape index (κ1) is 18.9. The molecule has 3 aromatic rings. The molecule has 1 saturated carbocycles. The lowest BCUT2D eigenvalue weighted by atomic mass is 9.81. The van der Waals surface area contributed by atoms with Crippen molar-refractivity contribution in [2.24, 2.45) is 0 Å². The molecule has 30 heavy (non-hydrogen) atoms. The van der Waals surface area contributed by atoms with Gasteiger partial charge < -0.3 is 5.32 Å². The summed E-state index contributed by atoms with van der Waals surface area (Å²) in [6, 6.07) is 12.1. The van der Waals surface area contributed by atoms with E-state index in [0.29, 0.717) is 11.5 Å². The largest absolute Gasteiger partial charge is 0.341 e. The maximum Gasteiger partial charge on any atom is 0.252 e. The standard InChI is InChI=1S/C25H24FN3O/c1-16-13-18(15-27-14-16)20-3-2-4-22-21(20)9-10-23(28-22)25(11-12-25)29-24(30)17-5-7-19(26)8-6-17/h5-10,13-15,20H,2-4,11-12H2,1H3,(H,29,30)/t20-/m0/s1. The number of carbonyl (C=O) groups is 1. The molecule has 152 valence electrons. The van der Waals surface area contributed by atoms with Crippen LogP contribution in [-0.4, -0.2) is 15.9 Å². The monoisotopic (exact) mass is 401 g/mol. The fourth-order valence-corrected chi connectivity index (χ4v) is 4.50. The van der Waals surface area contributed by atoms with Crippen molar-refractivity contribution in [1.29, 1.82) is 0 Å². The van der Waals surface area contributed by atoms with Crippen LogP contribution in [0, 0.1) is 12.7 Å². The molecule has 0 saturated heterocycles. The quantitative estimate of drug-likeness (QED) is 0.682. The van der Waals surface area contributed by atoms with Crippen LogP contribution in [0.2, 0.25) is 0 Å². The Kier molecular flexibility index (Phi) is 4.61. The summed E-state index contributed by atoms with van der Waals surface area (Å²) in [4.78, 5) is 22.1.